The van der Waals surface area contributed by atoms with Crippen LogP contribution in [-0.2, 0) is 11.8 Å². The molecule has 0 unspecified atom stereocenters. The first-order valence-electron chi connectivity index (χ1n) is 25.2. The van der Waals surface area contributed by atoms with Crippen LogP contribution in [0.15, 0.2) is 224 Å². The van der Waals surface area contributed by atoms with Gasteiger partial charge in [0.05, 0.1) is 0 Å². The molecule has 0 radical (unpaired) electrons. The van der Waals surface area contributed by atoms with Crippen molar-refractivity contribution >= 4 is 33.2 Å². The predicted molar refractivity (Wildman–Crippen MR) is 301 cm³/mol. The van der Waals surface area contributed by atoms with E-state index in [9.17, 15) is 0 Å². The molecule has 0 N–H and O–H groups in total. The van der Waals surface area contributed by atoms with Gasteiger partial charge in [0.25, 0.3) is 0 Å². The number of allylic oxidation sites excluding steroid dienone is 3. The summed E-state index contributed by atoms with van der Waals surface area (Å²) >= 11 is 0. The van der Waals surface area contributed by atoms with Crippen molar-refractivity contribution in [3.05, 3.63) is 252 Å². The zero-order valence-corrected chi connectivity index (χ0v) is 39.9. The molecule has 15 rings (SSSR count). The summed E-state index contributed by atoms with van der Waals surface area (Å²) in [5.41, 5.74) is 31.4. The Morgan fingerprint density at radius 3 is 1.32 bits per heavy atom. The molecule has 11 aromatic rings. The zero-order chi connectivity index (χ0) is 47.0. The predicted octanol–water partition coefficient (Wildman–Crippen LogP) is 19.3. The van der Waals surface area contributed by atoms with Crippen molar-refractivity contribution in [2.24, 2.45) is 0 Å². The second kappa shape index (κ2) is 15.2. The summed E-state index contributed by atoms with van der Waals surface area (Å²) in [6.45, 7) is 4.78. The smallest absolute Gasteiger partial charge is 0.0159 e. The molecule has 0 nitrogen and oxygen atoms in total. The molecule has 0 heterocycles. The molecule has 0 saturated heterocycles. The lowest BCUT2D eigenvalue weighted by atomic mass is 9.80. The maximum Gasteiger partial charge on any atom is 0.0159 e. The van der Waals surface area contributed by atoms with E-state index in [-0.39, 0.29) is 5.41 Å². The Kier molecular flexibility index (Phi) is 8.64. The molecule has 332 valence electrons. The van der Waals surface area contributed by atoms with Gasteiger partial charge in [-0.2, -0.15) is 0 Å². The minimum absolute atomic E-state index is 0.129. The van der Waals surface area contributed by atoms with E-state index in [4.69, 9.17) is 0 Å². The summed E-state index contributed by atoms with van der Waals surface area (Å²) in [6.07, 6.45) is 9.08. The van der Waals surface area contributed by atoms with Gasteiger partial charge in [0.15, 0.2) is 0 Å². The Balaban J connectivity index is 0.656. The quantitative estimate of drug-likeness (QED) is 0.156. The molecule has 0 saturated carbocycles. The topological polar surface area (TPSA) is 0 Å². The van der Waals surface area contributed by atoms with Gasteiger partial charge >= 0.3 is 0 Å². The fourth-order valence-electron chi connectivity index (χ4n) is 12.8. The van der Waals surface area contributed by atoms with Gasteiger partial charge in [-0.05, 0) is 180 Å². The van der Waals surface area contributed by atoms with E-state index < -0.39 is 0 Å². The number of hydrogen-bond donors (Lipinski definition) is 0. The largest absolute Gasteiger partial charge is 0.0795 e. The van der Waals surface area contributed by atoms with Crippen molar-refractivity contribution in [3.63, 3.8) is 0 Å². The highest BCUT2D eigenvalue weighted by molar-refractivity contribution is 6.18. The minimum Gasteiger partial charge on any atom is -0.0795 e. The third kappa shape index (κ3) is 6.11. The first-order valence-corrected chi connectivity index (χ1v) is 25.2. The van der Waals surface area contributed by atoms with Gasteiger partial charge in [-0.1, -0.05) is 232 Å². The first-order chi connectivity index (χ1) is 34.9. The van der Waals surface area contributed by atoms with Crippen LogP contribution in [-0.4, -0.2) is 0 Å². The highest BCUT2D eigenvalue weighted by atomic mass is 14.4. The average molecular weight is 901 g/mol. The molecule has 0 aliphatic heterocycles. The number of benzene rings is 11. The number of fused-ring (bicyclic) bond motifs is 6. The van der Waals surface area contributed by atoms with E-state index in [0.29, 0.717) is 0 Å². The fourth-order valence-corrected chi connectivity index (χ4v) is 12.8. The van der Waals surface area contributed by atoms with Crippen LogP contribution in [0.5, 0.6) is 0 Å². The van der Waals surface area contributed by atoms with Crippen molar-refractivity contribution in [3.8, 4) is 100 Å². The normalized spacial score (nSPS) is 14.1. The van der Waals surface area contributed by atoms with Crippen molar-refractivity contribution in [1.29, 1.82) is 0 Å². The van der Waals surface area contributed by atoms with Gasteiger partial charge in [0.2, 0.25) is 0 Å². The Morgan fingerprint density at radius 1 is 0.324 bits per heavy atom. The van der Waals surface area contributed by atoms with Gasteiger partial charge in [-0.3, -0.25) is 0 Å². The van der Waals surface area contributed by atoms with Crippen molar-refractivity contribution < 1.29 is 0 Å². The van der Waals surface area contributed by atoms with Crippen LogP contribution in [0.1, 0.15) is 48.1 Å². The second-order valence-electron chi connectivity index (χ2n) is 20.7. The Hall–Kier alpha value is -8.58. The van der Waals surface area contributed by atoms with Crippen molar-refractivity contribution in [1.82, 2.24) is 0 Å². The van der Waals surface area contributed by atoms with Crippen molar-refractivity contribution in [2.45, 2.75) is 32.1 Å². The molecule has 0 heteroatoms. The molecule has 11 aromatic carbocycles. The first kappa shape index (κ1) is 40.3. The van der Waals surface area contributed by atoms with E-state index in [1.54, 1.807) is 0 Å². The van der Waals surface area contributed by atoms with E-state index >= 15 is 0 Å². The van der Waals surface area contributed by atoms with Gasteiger partial charge in [0, 0.05) is 5.41 Å². The molecule has 0 spiro atoms. The summed E-state index contributed by atoms with van der Waals surface area (Å²) in [4.78, 5) is 0. The monoisotopic (exact) mass is 900 g/mol. The van der Waals surface area contributed by atoms with E-state index in [1.165, 1.54) is 155 Å². The number of hydrogen-bond acceptors (Lipinski definition) is 0. The lowest BCUT2D eigenvalue weighted by Crippen LogP contribution is -2.15. The summed E-state index contributed by atoms with van der Waals surface area (Å²) in [6, 6.07) is 80.2. The van der Waals surface area contributed by atoms with E-state index in [1.807, 2.05) is 0 Å². The van der Waals surface area contributed by atoms with Crippen LogP contribution in [0.4, 0.5) is 0 Å². The van der Waals surface area contributed by atoms with Gasteiger partial charge in [0.1, 0.15) is 0 Å². The second-order valence-corrected chi connectivity index (χ2v) is 20.7. The van der Waals surface area contributed by atoms with Crippen LogP contribution in [0.3, 0.4) is 0 Å². The van der Waals surface area contributed by atoms with Crippen molar-refractivity contribution in [2.75, 3.05) is 0 Å². The van der Waals surface area contributed by atoms with E-state index in [0.717, 1.165) is 12.8 Å². The molecule has 4 aliphatic carbocycles. The van der Waals surface area contributed by atoms with Crippen LogP contribution in [0, 0.1) is 0 Å². The molecular weight excluding hydrogens is 853 g/mol. The molecule has 0 fully saturated rings. The summed E-state index contributed by atoms with van der Waals surface area (Å²) in [5, 5.41) is 5.49. The van der Waals surface area contributed by atoms with Crippen LogP contribution < -0.4 is 0 Å². The molecular formula is C71H48. The highest BCUT2D eigenvalue weighted by Crippen LogP contribution is 2.52. The van der Waals surface area contributed by atoms with E-state index in [2.05, 4.69) is 244 Å². The Labute approximate surface area is 415 Å². The van der Waals surface area contributed by atoms with Gasteiger partial charge < -0.3 is 0 Å². The summed E-state index contributed by atoms with van der Waals surface area (Å²) in [5.74, 6) is 0. The van der Waals surface area contributed by atoms with Crippen LogP contribution >= 0.6 is 0 Å². The third-order valence-corrected chi connectivity index (χ3v) is 16.5. The minimum atomic E-state index is -0.129. The summed E-state index contributed by atoms with van der Waals surface area (Å²) in [7, 11) is 0. The summed E-state index contributed by atoms with van der Waals surface area (Å²) < 4.78 is 0. The molecule has 0 aromatic heterocycles. The SMILES string of the molecule is CC1(C)c2cc(-c3ccc(-c4ccc(-c5ccc(-c6ccc7c8c(cccc68)-c6ccccc6-7)cc5)cc4)cc3)ccc2-c2ccc(-c3ccc(-c4ccc5c6c7c(ccc46)C=CCC7=CC5)cc3)cc21. The zero-order valence-electron chi connectivity index (χ0n) is 39.9. The Morgan fingerprint density at radius 2 is 0.761 bits per heavy atom. The fraction of sp³-hybridized carbons (Fsp3) is 0.0704. The molecule has 0 atom stereocenters. The van der Waals surface area contributed by atoms with Gasteiger partial charge in [-0.15, -0.1) is 0 Å². The highest BCUT2D eigenvalue weighted by Gasteiger charge is 2.36. The maximum absolute atomic E-state index is 2.44. The Bertz CT molecular complexity index is 4090. The third-order valence-electron chi connectivity index (χ3n) is 16.5. The molecule has 4 aliphatic rings. The lowest BCUT2D eigenvalue weighted by molar-refractivity contribution is 0.661. The number of rotatable bonds is 6. The van der Waals surface area contributed by atoms with Crippen LogP contribution in [0.2, 0.25) is 0 Å². The van der Waals surface area contributed by atoms with Crippen LogP contribution in [0.25, 0.3) is 133 Å². The molecule has 0 bridgehead atoms. The standard InChI is InChI=1S/C71H48/c1-71(2)66-41-54(33-36-60(66)61-37-34-55(42-67(61)71)48-23-27-49(28-24-48)56-35-31-53-30-29-51-7-5-8-52-32-38-64(56)69(53)68(51)52)47-19-17-45(18-20-47)43-13-15-44(16-14-43)46-21-25-50(26-22-46)57-39-40-65-59-10-4-3-9-58(59)63-12-6-11-62(57)70(63)65/h3-6,8-29,31-42H,7,30H2,1-2H3. The van der Waals surface area contributed by atoms with Gasteiger partial charge in [-0.25, -0.2) is 0 Å². The average Bonchev–Trinajstić information content (AvgIpc) is 3.88. The maximum atomic E-state index is 2.44. The molecule has 0 amide bonds. The molecule has 71 heavy (non-hydrogen) atoms. The lowest BCUT2D eigenvalue weighted by Gasteiger charge is -2.24.